The van der Waals surface area contributed by atoms with E-state index in [1.165, 1.54) is 19.3 Å². The molecule has 17 heavy (non-hydrogen) atoms. The molecule has 1 unspecified atom stereocenters. The smallest absolute Gasteiger partial charge is 0.193 e. The molecule has 1 heterocycles. The van der Waals surface area contributed by atoms with Gasteiger partial charge >= 0.3 is 0 Å². The molecule has 0 spiro atoms. The van der Waals surface area contributed by atoms with Crippen molar-refractivity contribution in [1.82, 2.24) is 10.2 Å². The summed E-state index contributed by atoms with van der Waals surface area (Å²) in [5.41, 5.74) is 0. The number of nitrogens with one attached hydrogen (secondary N) is 1. The summed E-state index contributed by atoms with van der Waals surface area (Å²) in [7, 11) is 3.94. The molecule has 1 atom stereocenters. The van der Waals surface area contributed by atoms with Crippen molar-refractivity contribution in [2.24, 2.45) is 10.9 Å². The van der Waals surface area contributed by atoms with Crippen LogP contribution in [0.25, 0.3) is 0 Å². The molecular weight excluding hydrogens is 329 g/mol. The number of unbranched alkanes of at least 4 members (excludes halogenated alkanes) is 1. The summed E-state index contributed by atoms with van der Waals surface area (Å²) in [6.45, 7) is 6.06. The second-order valence-electron chi connectivity index (χ2n) is 4.44. The van der Waals surface area contributed by atoms with Crippen LogP contribution in [0.15, 0.2) is 4.99 Å². The molecule has 1 aliphatic rings. The molecule has 0 saturated carbocycles. The normalized spacial score (nSPS) is 19.9. The monoisotopic (exact) mass is 355 g/mol. The highest BCUT2D eigenvalue weighted by molar-refractivity contribution is 14.0. The number of ether oxygens (including phenoxy) is 1. The van der Waals surface area contributed by atoms with Crippen molar-refractivity contribution >= 4 is 29.9 Å². The number of hydrogen-bond donors (Lipinski definition) is 1. The maximum absolute atomic E-state index is 5.38. The quantitative estimate of drug-likeness (QED) is 0.355. The summed E-state index contributed by atoms with van der Waals surface area (Å²) in [6.07, 6.45) is 3.58. The summed E-state index contributed by atoms with van der Waals surface area (Å²) >= 11 is 0. The molecule has 0 aliphatic carbocycles. The fourth-order valence-electron chi connectivity index (χ4n) is 1.96. The third-order valence-electron chi connectivity index (χ3n) is 2.94. The van der Waals surface area contributed by atoms with E-state index in [9.17, 15) is 0 Å². The van der Waals surface area contributed by atoms with Crippen LogP contribution in [0, 0.1) is 5.92 Å². The van der Waals surface area contributed by atoms with Crippen LogP contribution < -0.4 is 5.32 Å². The van der Waals surface area contributed by atoms with Gasteiger partial charge < -0.3 is 15.0 Å². The van der Waals surface area contributed by atoms with Crippen LogP contribution in [-0.4, -0.2) is 51.3 Å². The number of halogens is 1. The Balaban J connectivity index is 0.00000256. The number of nitrogens with zero attached hydrogens (tertiary/aromatic N) is 2. The van der Waals surface area contributed by atoms with E-state index >= 15 is 0 Å². The third kappa shape index (κ3) is 6.45. The maximum Gasteiger partial charge on any atom is 0.193 e. The zero-order chi connectivity index (χ0) is 11.8. The van der Waals surface area contributed by atoms with Gasteiger partial charge in [-0.3, -0.25) is 4.99 Å². The molecule has 0 amide bonds. The Bertz CT molecular complexity index is 218. The number of rotatable bonds is 5. The van der Waals surface area contributed by atoms with Crippen LogP contribution in [0.1, 0.15) is 26.2 Å². The fraction of sp³-hybridized carbons (Fsp3) is 0.917. The van der Waals surface area contributed by atoms with Gasteiger partial charge in [-0.05, 0) is 12.8 Å². The summed E-state index contributed by atoms with van der Waals surface area (Å²) in [6, 6.07) is 0. The van der Waals surface area contributed by atoms with Gasteiger partial charge in [0.15, 0.2) is 5.96 Å². The molecule has 5 heteroatoms. The highest BCUT2D eigenvalue weighted by Crippen LogP contribution is 2.13. The maximum atomic E-state index is 5.38. The second kappa shape index (κ2) is 9.94. The average molecular weight is 355 g/mol. The van der Waals surface area contributed by atoms with Gasteiger partial charge in [0.25, 0.3) is 0 Å². The van der Waals surface area contributed by atoms with E-state index < -0.39 is 0 Å². The zero-order valence-corrected chi connectivity index (χ0v) is 13.6. The first-order chi connectivity index (χ1) is 7.77. The fourth-order valence-corrected chi connectivity index (χ4v) is 1.96. The Morgan fingerprint density at radius 3 is 2.82 bits per heavy atom. The third-order valence-corrected chi connectivity index (χ3v) is 2.94. The van der Waals surface area contributed by atoms with E-state index in [0.717, 1.165) is 32.3 Å². The standard InChI is InChI=1S/C12H25N3O.HI/c1-4-5-7-14-12(13-2)15(3)9-11-6-8-16-10-11;/h11H,4-10H2,1-3H3,(H,13,14);1H. The number of guanidine groups is 1. The van der Waals surface area contributed by atoms with Crippen molar-refractivity contribution in [1.29, 1.82) is 0 Å². The molecule has 1 saturated heterocycles. The lowest BCUT2D eigenvalue weighted by atomic mass is 10.1. The topological polar surface area (TPSA) is 36.9 Å². The predicted octanol–water partition coefficient (Wildman–Crippen LogP) is 1.95. The van der Waals surface area contributed by atoms with Crippen molar-refractivity contribution < 1.29 is 4.74 Å². The molecule has 0 aromatic rings. The Hall–Kier alpha value is -0.0400. The van der Waals surface area contributed by atoms with Gasteiger partial charge in [0, 0.05) is 39.7 Å². The molecule has 0 radical (unpaired) electrons. The molecule has 4 nitrogen and oxygen atoms in total. The van der Waals surface area contributed by atoms with Gasteiger partial charge in [-0.1, -0.05) is 13.3 Å². The minimum atomic E-state index is 0. The SMILES string of the molecule is CCCCNC(=NC)N(C)CC1CCOC1.I. The lowest BCUT2D eigenvalue weighted by molar-refractivity contribution is 0.181. The van der Waals surface area contributed by atoms with E-state index in [2.05, 4.69) is 29.2 Å². The molecule has 1 aliphatic heterocycles. The van der Waals surface area contributed by atoms with Crippen molar-refractivity contribution in [3.05, 3.63) is 0 Å². The highest BCUT2D eigenvalue weighted by Gasteiger charge is 2.18. The van der Waals surface area contributed by atoms with E-state index in [-0.39, 0.29) is 24.0 Å². The number of aliphatic imine (C=N–C) groups is 1. The number of hydrogen-bond acceptors (Lipinski definition) is 2. The lowest BCUT2D eigenvalue weighted by Crippen LogP contribution is -2.41. The lowest BCUT2D eigenvalue weighted by Gasteiger charge is -2.24. The Morgan fingerprint density at radius 1 is 1.53 bits per heavy atom. The van der Waals surface area contributed by atoms with Crippen molar-refractivity contribution in [3.8, 4) is 0 Å². The van der Waals surface area contributed by atoms with Gasteiger partial charge in [-0.2, -0.15) is 0 Å². The van der Waals surface area contributed by atoms with Crippen LogP contribution in [0.3, 0.4) is 0 Å². The van der Waals surface area contributed by atoms with Gasteiger partial charge in [-0.15, -0.1) is 24.0 Å². The van der Waals surface area contributed by atoms with Crippen LogP contribution >= 0.6 is 24.0 Å². The zero-order valence-electron chi connectivity index (χ0n) is 11.2. The highest BCUT2D eigenvalue weighted by atomic mass is 127. The molecule has 102 valence electrons. The molecule has 1 rings (SSSR count). The van der Waals surface area contributed by atoms with Gasteiger partial charge in [0.05, 0.1) is 6.61 Å². The molecule has 0 bridgehead atoms. The van der Waals surface area contributed by atoms with Crippen molar-refractivity contribution in [2.45, 2.75) is 26.2 Å². The van der Waals surface area contributed by atoms with Crippen molar-refractivity contribution in [2.75, 3.05) is 40.4 Å². The van der Waals surface area contributed by atoms with E-state index in [1.807, 2.05) is 7.05 Å². The van der Waals surface area contributed by atoms with E-state index in [1.54, 1.807) is 0 Å². The summed E-state index contributed by atoms with van der Waals surface area (Å²) in [5, 5.41) is 3.38. The van der Waals surface area contributed by atoms with Crippen LogP contribution in [-0.2, 0) is 4.74 Å². The van der Waals surface area contributed by atoms with Crippen molar-refractivity contribution in [3.63, 3.8) is 0 Å². The van der Waals surface area contributed by atoms with E-state index in [0.29, 0.717) is 5.92 Å². The first-order valence-corrected chi connectivity index (χ1v) is 6.27. The second-order valence-corrected chi connectivity index (χ2v) is 4.44. The summed E-state index contributed by atoms with van der Waals surface area (Å²) in [4.78, 5) is 6.50. The molecule has 1 N–H and O–H groups in total. The molecule has 0 aromatic carbocycles. The molecule has 0 aromatic heterocycles. The minimum Gasteiger partial charge on any atom is -0.381 e. The average Bonchev–Trinajstić information content (AvgIpc) is 2.77. The van der Waals surface area contributed by atoms with Gasteiger partial charge in [0.1, 0.15) is 0 Å². The minimum absolute atomic E-state index is 0. The molecular formula is C12H26IN3O. The summed E-state index contributed by atoms with van der Waals surface area (Å²) < 4.78 is 5.38. The largest absolute Gasteiger partial charge is 0.381 e. The first kappa shape index (κ1) is 17.0. The van der Waals surface area contributed by atoms with Gasteiger partial charge in [-0.25, -0.2) is 0 Å². The van der Waals surface area contributed by atoms with Crippen LogP contribution in [0.5, 0.6) is 0 Å². The van der Waals surface area contributed by atoms with Crippen LogP contribution in [0.4, 0.5) is 0 Å². The predicted molar refractivity (Wildman–Crippen MR) is 83.2 cm³/mol. The van der Waals surface area contributed by atoms with E-state index in [4.69, 9.17) is 4.74 Å². The summed E-state index contributed by atoms with van der Waals surface area (Å²) in [5.74, 6) is 1.66. The molecule has 1 fully saturated rings. The Kier molecular flexibility index (Phi) is 9.91. The Labute approximate surface area is 122 Å². The van der Waals surface area contributed by atoms with Crippen LogP contribution in [0.2, 0.25) is 0 Å². The first-order valence-electron chi connectivity index (χ1n) is 6.27. The Morgan fingerprint density at radius 2 is 2.29 bits per heavy atom. The van der Waals surface area contributed by atoms with Gasteiger partial charge in [0.2, 0.25) is 0 Å².